The maximum absolute atomic E-state index is 6.02. The first-order valence-electron chi connectivity index (χ1n) is 7.38. The van der Waals surface area contributed by atoms with Crippen LogP contribution in [0.15, 0.2) is 43.1 Å². The Labute approximate surface area is 125 Å². The van der Waals surface area contributed by atoms with Gasteiger partial charge in [-0.3, -0.25) is 9.88 Å². The third-order valence-electron chi connectivity index (χ3n) is 3.70. The fourth-order valence-electron chi connectivity index (χ4n) is 2.63. The molecule has 0 bridgehead atoms. The zero-order valence-electron chi connectivity index (χ0n) is 12.1. The lowest BCUT2D eigenvalue weighted by Gasteiger charge is -2.32. The molecule has 3 rings (SSSR count). The molecule has 2 aromatic heterocycles. The average Bonchev–Trinajstić information content (AvgIpc) is 2.55. The summed E-state index contributed by atoms with van der Waals surface area (Å²) in [5, 5.41) is 0. The molecule has 5 nitrogen and oxygen atoms in total. The second-order valence-electron chi connectivity index (χ2n) is 5.37. The summed E-state index contributed by atoms with van der Waals surface area (Å²) in [6.07, 6.45) is 9.64. The molecule has 1 fully saturated rings. The van der Waals surface area contributed by atoms with Gasteiger partial charge >= 0.3 is 0 Å². The first-order valence-corrected chi connectivity index (χ1v) is 7.38. The van der Waals surface area contributed by atoms with Crippen LogP contribution in [0.5, 0.6) is 0 Å². The van der Waals surface area contributed by atoms with E-state index in [4.69, 9.17) is 4.74 Å². The largest absolute Gasteiger partial charge is 0.372 e. The highest BCUT2D eigenvalue weighted by Crippen LogP contribution is 2.16. The minimum Gasteiger partial charge on any atom is -0.372 e. The number of ether oxygens (including phenoxy) is 1. The molecule has 0 aromatic carbocycles. The topological polar surface area (TPSA) is 51.1 Å². The molecule has 0 N–H and O–H groups in total. The summed E-state index contributed by atoms with van der Waals surface area (Å²) in [6, 6.07) is 5.97. The number of pyridine rings is 1. The van der Waals surface area contributed by atoms with Crippen molar-refractivity contribution in [2.45, 2.75) is 32.1 Å². The fraction of sp³-hybridized carbons (Fsp3) is 0.438. The van der Waals surface area contributed by atoms with Crippen molar-refractivity contribution in [1.29, 1.82) is 0 Å². The number of hydrogen-bond acceptors (Lipinski definition) is 5. The van der Waals surface area contributed by atoms with Crippen LogP contribution in [0.1, 0.15) is 24.1 Å². The van der Waals surface area contributed by atoms with Crippen molar-refractivity contribution in [2.24, 2.45) is 0 Å². The van der Waals surface area contributed by atoms with Crippen molar-refractivity contribution in [3.63, 3.8) is 0 Å². The zero-order chi connectivity index (χ0) is 14.3. The Morgan fingerprint density at radius 2 is 2.24 bits per heavy atom. The molecular weight excluding hydrogens is 264 g/mol. The van der Waals surface area contributed by atoms with Crippen LogP contribution in [-0.4, -0.2) is 39.0 Å². The minimum atomic E-state index is 0.292. The summed E-state index contributed by atoms with van der Waals surface area (Å²) in [6.45, 7) is 3.58. The lowest BCUT2D eigenvalue weighted by molar-refractivity contribution is -0.0124. The van der Waals surface area contributed by atoms with Crippen molar-refractivity contribution < 1.29 is 4.74 Å². The van der Waals surface area contributed by atoms with Crippen LogP contribution in [0.2, 0.25) is 0 Å². The van der Waals surface area contributed by atoms with E-state index < -0.39 is 0 Å². The number of likely N-dealkylation sites (tertiary alicyclic amines) is 1. The number of nitrogens with zero attached hydrogens (tertiary/aromatic N) is 4. The van der Waals surface area contributed by atoms with Crippen LogP contribution < -0.4 is 0 Å². The Kier molecular flexibility index (Phi) is 4.86. The van der Waals surface area contributed by atoms with Gasteiger partial charge in [-0.05, 0) is 37.1 Å². The number of piperidine rings is 1. The predicted molar refractivity (Wildman–Crippen MR) is 79.4 cm³/mol. The molecule has 110 valence electrons. The maximum Gasteiger partial charge on any atom is 0.115 e. The third kappa shape index (κ3) is 4.31. The Balaban J connectivity index is 1.49. The molecule has 0 saturated carbocycles. The lowest BCUT2D eigenvalue weighted by atomic mass is 10.1. The molecule has 0 aliphatic carbocycles. The van der Waals surface area contributed by atoms with Crippen molar-refractivity contribution in [3.05, 3.63) is 54.4 Å². The van der Waals surface area contributed by atoms with Gasteiger partial charge in [-0.15, -0.1) is 0 Å². The second kappa shape index (κ2) is 7.24. The normalized spacial score (nSPS) is 19.5. The van der Waals surface area contributed by atoms with Crippen LogP contribution in [0.4, 0.5) is 0 Å². The minimum absolute atomic E-state index is 0.292. The molecule has 3 heterocycles. The molecule has 5 heteroatoms. The van der Waals surface area contributed by atoms with Gasteiger partial charge in [0, 0.05) is 31.7 Å². The Bertz CT molecular complexity index is 534. The fourth-order valence-corrected chi connectivity index (χ4v) is 2.63. The van der Waals surface area contributed by atoms with Crippen molar-refractivity contribution >= 4 is 0 Å². The molecule has 2 aromatic rings. The van der Waals surface area contributed by atoms with Gasteiger partial charge in [-0.25, -0.2) is 9.97 Å². The first-order chi connectivity index (χ1) is 10.4. The van der Waals surface area contributed by atoms with E-state index in [1.54, 1.807) is 18.7 Å². The molecule has 1 saturated heterocycles. The van der Waals surface area contributed by atoms with Gasteiger partial charge in [-0.2, -0.15) is 0 Å². The quantitative estimate of drug-likeness (QED) is 0.841. The molecule has 1 unspecified atom stereocenters. The van der Waals surface area contributed by atoms with Crippen LogP contribution in [0.25, 0.3) is 0 Å². The molecular formula is C16H20N4O. The van der Waals surface area contributed by atoms with Crippen LogP contribution in [-0.2, 0) is 17.9 Å². The van der Waals surface area contributed by atoms with E-state index in [2.05, 4.69) is 25.9 Å². The van der Waals surface area contributed by atoms with Crippen molar-refractivity contribution in [3.8, 4) is 0 Å². The van der Waals surface area contributed by atoms with Crippen LogP contribution in [0.3, 0.4) is 0 Å². The van der Waals surface area contributed by atoms with Gasteiger partial charge in [0.15, 0.2) is 0 Å². The van der Waals surface area contributed by atoms with Gasteiger partial charge in [-0.1, -0.05) is 6.07 Å². The van der Waals surface area contributed by atoms with Crippen molar-refractivity contribution in [1.82, 2.24) is 19.9 Å². The Hall–Kier alpha value is -1.85. The van der Waals surface area contributed by atoms with E-state index in [0.717, 1.165) is 37.3 Å². The summed E-state index contributed by atoms with van der Waals surface area (Å²) in [4.78, 5) is 14.8. The van der Waals surface area contributed by atoms with Gasteiger partial charge < -0.3 is 4.74 Å². The smallest absolute Gasteiger partial charge is 0.115 e. The number of rotatable bonds is 5. The third-order valence-corrected chi connectivity index (χ3v) is 3.70. The number of hydrogen-bond donors (Lipinski definition) is 0. The summed E-state index contributed by atoms with van der Waals surface area (Å²) >= 11 is 0. The molecule has 0 spiro atoms. The molecule has 21 heavy (non-hydrogen) atoms. The predicted octanol–water partition coefficient (Wildman–Crippen LogP) is 2.05. The summed E-state index contributed by atoms with van der Waals surface area (Å²) < 4.78 is 6.02. The van der Waals surface area contributed by atoms with E-state index in [9.17, 15) is 0 Å². The van der Waals surface area contributed by atoms with Gasteiger partial charge in [0.1, 0.15) is 6.33 Å². The highest BCUT2D eigenvalue weighted by atomic mass is 16.5. The Morgan fingerprint density at radius 1 is 1.24 bits per heavy atom. The molecule has 1 atom stereocenters. The molecule has 1 aliphatic heterocycles. The molecule has 1 aliphatic rings. The molecule has 0 amide bonds. The van der Waals surface area contributed by atoms with Gasteiger partial charge in [0.2, 0.25) is 0 Å². The van der Waals surface area contributed by atoms with Crippen molar-refractivity contribution in [2.75, 3.05) is 13.1 Å². The SMILES string of the molecule is c1cncc(COC2CCCN(Cc3ccncn3)C2)c1. The molecule has 0 radical (unpaired) electrons. The summed E-state index contributed by atoms with van der Waals surface area (Å²) in [5.41, 5.74) is 2.20. The average molecular weight is 284 g/mol. The number of aromatic nitrogens is 3. The van der Waals surface area contributed by atoms with E-state index in [1.807, 2.05) is 18.3 Å². The highest BCUT2D eigenvalue weighted by Gasteiger charge is 2.20. The highest BCUT2D eigenvalue weighted by molar-refractivity contribution is 5.06. The first kappa shape index (κ1) is 14.1. The van der Waals surface area contributed by atoms with Crippen LogP contribution >= 0.6 is 0 Å². The van der Waals surface area contributed by atoms with Crippen LogP contribution in [0, 0.1) is 0 Å². The summed E-state index contributed by atoms with van der Waals surface area (Å²) in [5.74, 6) is 0. The standard InChI is InChI=1S/C16H20N4O/c1-3-14(9-17-6-1)12-21-16-4-2-8-20(11-16)10-15-5-7-18-13-19-15/h1,3,5-7,9,13,16H,2,4,8,10-12H2. The summed E-state index contributed by atoms with van der Waals surface area (Å²) in [7, 11) is 0. The second-order valence-corrected chi connectivity index (χ2v) is 5.37. The Morgan fingerprint density at radius 3 is 3.05 bits per heavy atom. The lowest BCUT2D eigenvalue weighted by Crippen LogP contribution is -2.39. The van der Waals surface area contributed by atoms with E-state index in [-0.39, 0.29) is 0 Å². The van der Waals surface area contributed by atoms with E-state index in [0.29, 0.717) is 12.7 Å². The monoisotopic (exact) mass is 284 g/mol. The van der Waals surface area contributed by atoms with Gasteiger partial charge in [0.25, 0.3) is 0 Å². The van der Waals surface area contributed by atoms with E-state index >= 15 is 0 Å². The van der Waals surface area contributed by atoms with E-state index in [1.165, 1.54) is 6.42 Å². The van der Waals surface area contributed by atoms with Gasteiger partial charge in [0.05, 0.1) is 18.4 Å². The zero-order valence-corrected chi connectivity index (χ0v) is 12.1. The maximum atomic E-state index is 6.02.